The highest BCUT2D eigenvalue weighted by molar-refractivity contribution is 14.0. The number of halogens is 1. The number of guanidine groups is 1. The lowest BCUT2D eigenvalue weighted by Crippen LogP contribution is -2.44. The molecule has 0 unspecified atom stereocenters. The lowest BCUT2D eigenvalue weighted by Gasteiger charge is -2.29. The Labute approximate surface area is 193 Å². The smallest absolute Gasteiger partial charge is 0.230 e. The molecule has 3 N–H and O–H groups in total. The molecule has 2 aliphatic rings. The number of carbonyl (C=O) groups is 2. The van der Waals surface area contributed by atoms with E-state index in [-0.39, 0.29) is 41.2 Å². The Morgan fingerprint density at radius 3 is 2.21 bits per heavy atom. The van der Waals surface area contributed by atoms with Crippen molar-refractivity contribution in [1.29, 1.82) is 0 Å². The fraction of sp³-hybridized carbons (Fsp3) is 0.857. The molecule has 2 rings (SSSR count). The van der Waals surface area contributed by atoms with Gasteiger partial charge in [0.1, 0.15) is 0 Å². The van der Waals surface area contributed by atoms with E-state index in [2.05, 4.69) is 16.0 Å². The first-order valence-corrected chi connectivity index (χ1v) is 11.0. The molecule has 0 aromatic heterocycles. The molecule has 0 atom stereocenters. The second-order valence-electron chi connectivity index (χ2n) is 8.51. The lowest BCUT2D eigenvalue weighted by molar-refractivity contribution is -0.138. The van der Waals surface area contributed by atoms with Gasteiger partial charge in [-0.1, -0.05) is 25.7 Å². The van der Waals surface area contributed by atoms with Gasteiger partial charge in [0.15, 0.2) is 5.96 Å². The van der Waals surface area contributed by atoms with Gasteiger partial charge in [-0.15, -0.1) is 24.0 Å². The van der Waals surface area contributed by atoms with E-state index < -0.39 is 0 Å². The number of aliphatic imine (C=N–C) groups is 1. The Kier molecular flexibility index (Phi) is 11.9. The molecule has 7 nitrogen and oxygen atoms in total. The molecule has 0 aliphatic heterocycles. The maximum Gasteiger partial charge on any atom is 0.230 e. The average Bonchev–Trinajstić information content (AvgIpc) is 3.35. The van der Waals surface area contributed by atoms with Crippen LogP contribution in [0.5, 0.6) is 0 Å². The summed E-state index contributed by atoms with van der Waals surface area (Å²) >= 11 is 0. The zero-order chi connectivity index (χ0) is 20.4. The lowest BCUT2D eigenvalue weighted by atomic mass is 9.85. The van der Waals surface area contributed by atoms with Crippen LogP contribution in [0.3, 0.4) is 0 Å². The Hall–Kier alpha value is -1.06. The van der Waals surface area contributed by atoms with Crippen LogP contribution in [0.25, 0.3) is 0 Å². The van der Waals surface area contributed by atoms with Gasteiger partial charge >= 0.3 is 0 Å². The van der Waals surface area contributed by atoms with Crippen LogP contribution in [0.4, 0.5) is 0 Å². The molecule has 0 spiro atoms. The number of hydrogen-bond donors (Lipinski definition) is 3. The number of hydrogen-bond acceptors (Lipinski definition) is 3. The number of rotatable bonds is 9. The van der Waals surface area contributed by atoms with Gasteiger partial charge in [-0.2, -0.15) is 0 Å². The average molecular weight is 521 g/mol. The fourth-order valence-corrected chi connectivity index (χ4v) is 4.47. The summed E-state index contributed by atoms with van der Waals surface area (Å²) in [6.07, 6.45) is 9.56. The molecule has 0 saturated heterocycles. The van der Waals surface area contributed by atoms with Crippen LogP contribution < -0.4 is 16.0 Å². The molecule has 2 aliphatic carbocycles. The standard InChI is InChI=1S/C21H39N5O2.HI/c1-4-22-20(24-14-13-23-18(27)15-17-9-5-6-10-17)25-16-21(11-7-8-12-21)19(28)26(2)3;/h17H,4-16H2,1-3H3,(H,23,27)(H2,22,24,25);1H. The molecule has 0 heterocycles. The van der Waals surface area contributed by atoms with E-state index in [0.717, 1.165) is 32.2 Å². The van der Waals surface area contributed by atoms with Crippen molar-refractivity contribution in [2.45, 2.75) is 64.7 Å². The quantitative estimate of drug-likeness (QED) is 0.189. The molecule has 0 aromatic carbocycles. The van der Waals surface area contributed by atoms with Crippen LogP contribution in [0, 0.1) is 11.3 Å². The van der Waals surface area contributed by atoms with Crippen molar-refractivity contribution in [3.05, 3.63) is 0 Å². The van der Waals surface area contributed by atoms with Crippen molar-refractivity contribution >= 4 is 41.8 Å². The van der Waals surface area contributed by atoms with Crippen molar-refractivity contribution in [1.82, 2.24) is 20.9 Å². The van der Waals surface area contributed by atoms with Crippen molar-refractivity contribution in [2.24, 2.45) is 16.3 Å². The van der Waals surface area contributed by atoms with Gasteiger partial charge in [-0.05, 0) is 38.5 Å². The zero-order valence-corrected chi connectivity index (χ0v) is 20.7. The van der Waals surface area contributed by atoms with Gasteiger partial charge in [0.2, 0.25) is 11.8 Å². The number of amides is 2. The van der Waals surface area contributed by atoms with Crippen LogP contribution in [-0.4, -0.2) is 62.9 Å². The second kappa shape index (κ2) is 13.3. The van der Waals surface area contributed by atoms with Gasteiger partial charge in [0, 0.05) is 40.2 Å². The Morgan fingerprint density at radius 2 is 1.62 bits per heavy atom. The molecular weight excluding hydrogens is 481 g/mol. The van der Waals surface area contributed by atoms with E-state index in [9.17, 15) is 9.59 Å². The maximum absolute atomic E-state index is 12.7. The summed E-state index contributed by atoms with van der Waals surface area (Å²) in [5, 5.41) is 9.52. The van der Waals surface area contributed by atoms with E-state index >= 15 is 0 Å². The summed E-state index contributed by atoms with van der Waals surface area (Å²) in [6, 6.07) is 0. The first-order valence-electron chi connectivity index (χ1n) is 11.0. The molecule has 2 amide bonds. The van der Waals surface area contributed by atoms with Gasteiger partial charge in [0.05, 0.1) is 12.0 Å². The van der Waals surface area contributed by atoms with E-state index in [4.69, 9.17) is 4.99 Å². The van der Waals surface area contributed by atoms with Crippen molar-refractivity contribution < 1.29 is 9.59 Å². The summed E-state index contributed by atoms with van der Waals surface area (Å²) in [7, 11) is 3.65. The topological polar surface area (TPSA) is 85.8 Å². The normalized spacial score (nSPS) is 18.8. The minimum Gasteiger partial charge on any atom is -0.357 e. The highest BCUT2D eigenvalue weighted by Crippen LogP contribution is 2.39. The van der Waals surface area contributed by atoms with Crippen LogP contribution in [0.15, 0.2) is 4.99 Å². The fourth-order valence-electron chi connectivity index (χ4n) is 4.47. The highest BCUT2D eigenvalue weighted by atomic mass is 127. The van der Waals surface area contributed by atoms with Gasteiger partial charge < -0.3 is 20.9 Å². The van der Waals surface area contributed by atoms with Gasteiger partial charge in [-0.25, -0.2) is 0 Å². The number of carbonyl (C=O) groups excluding carboxylic acids is 2. The maximum atomic E-state index is 12.7. The first-order chi connectivity index (χ1) is 13.5. The zero-order valence-electron chi connectivity index (χ0n) is 18.4. The number of nitrogens with zero attached hydrogens (tertiary/aromatic N) is 2. The first kappa shape index (κ1) is 26.0. The van der Waals surface area contributed by atoms with E-state index in [0.29, 0.717) is 37.9 Å². The third-order valence-electron chi connectivity index (χ3n) is 5.99. The Bertz CT molecular complexity index is 541. The summed E-state index contributed by atoms with van der Waals surface area (Å²) < 4.78 is 0. The minimum absolute atomic E-state index is 0. The van der Waals surface area contributed by atoms with Crippen molar-refractivity contribution in [3.8, 4) is 0 Å². The molecular formula is C21H40IN5O2. The summed E-state index contributed by atoms with van der Waals surface area (Å²) in [4.78, 5) is 31.1. The molecule has 0 bridgehead atoms. The van der Waals surface area contributed by atoms with E-state index in [1.54, 1.807) is 4.90 Å². The molecule has 0 radical (unpaired) electrons. The van der Waals surface area contributed by atoms with E-state index in [1.807, 2.05) is 21.0 Å². The van der Waals surface area contributed by atoms with E-state index in [1.165, 1.54) is 25.7 Å². The largest absolute Gasteiger partial charge is 0.357 e. The second-order valence-corrected chi connectivity index (χ2v) is 8.51. The predicted molar refractivity (Wildman–Crippen MR) is 129 cm³/mol. The summed E-state index contributed by atoms with van der Waals surface area (Å²) in [5.74, 6) is 1.62. The van der Waals surface area contributed by atoms with Crippen LogP contribution in [-0.2, 0) is 9.59 Å². The molecule has 29 heavy (non-hydrogen) atoms. The minimum atomic E-state index is -0.360. The predicted octanol–water partition coefficient (Wildman–Crippen LogP) is 2.50. The van der Waals surface area contributed by atoms with Crippen molar-refractivity contribution in [2.75, 3.05) is 40.3 Å². The molecule has 8 heteroatoms. The molecule has 0 aromatic rings. The van der Waals surface area contributed by atoms with Crippen LogP contribution >= 0.6 is 24.0 Å². The molecule has 2 fully saturated rings. The third kappa shape index (κ3) is 8.30. The highest BCUT2D eigenvalue weighted by Gasteiger charge is 2.42. The van der Waals surface area contributed by atoms with Crippen LogP contribution in [0.1, 0.15) is 64.7 Å². The molecule has 168 valence electrons. The number of nitrogens with one attached hydrogen (secondary N) is 3. The van der Waals surface area contributed by atoms with Crippen molar-refractivity contribution in [3.63, 3.8) is 0 Å². The molecule has 2 saturated carbocycles. The van der Waals surface area contributed by atoms with Crippen LogP contribution in [0.2, 0.25) is 0 Å². The SMILES string of the molecule is CCNC(=NCC1(C(=O)N(C)C)CCCC1)NCCNC(=O)CC1CCCC1.I. The Morgan fingerprint density at radius 1 is 1.00 bits per heavy atom. The summed E-state index contributed by atoms with van der Waals surface area (Å²) in [5.41, 5.74) is -0.360. The summed E-state index contributed by atoms with van der Waals surface area (Å²) in [6.45, 7) is 4.49. The monoisotopic (exact) mass is 521 g/mol. The Balaban J connectivity index is 0.00000420. The third-order valence-corrected chi connectivity index (χ3v) is 5.99. The van der Waals surface area contributed by atoms with Gasteiger partial charge in [-0.3, -0.25) is 14.6 Å². The van der Waals surface area contributed by atoms with Gasteiger partial charge in [0.25, 0.3) is 0 Å².